The Kier molecular flexibility index (Phi) is 5.92. The predicted molar refractivity (Wildman–Crippen MR) is 114 cm³/mol. The third kappa shape index (κ3) is 4.39. The van der Waals surface area contributed by atoms with Crippen LogP contribution in [-0.4, -0.2) is 38.8 Å². The van der Waals surface area contributed by atoms with Crippen LogP contribution in [0.3, 0.4) is 0 Å². The van der Waals surface area contributed by atoms with Crippen LogP contribution in [0.25, 0.3) is 11.4 Å². The number of aromatic nitrogens is 3. The molecule has 0 saturated carbocycles. The molecule has 156 valence electrons. The van der Waals surface area contributed by atoms with Crippen LogP contribution in [0, 0.1) is 22.6 Å². The monoisotopic (exact) mass is 435 g/mol. The van der Waals surface area contributed by atoms with Crippen molar-refractivity contribution < 1.29 is 9.18 Å². The summed E-state index contributed by atoms with van der Waals surface area (Å²) < 4.78 is 14.3. The van der Waals surface area contributed by atoms with E-state index in [1.807, 2.05) is 0 Å². The van der Waals surface area contributed by atoms with Gasteiger partial charge in [-0.15, -0.1) is 0 Å². The van der Waals surface area contributed by atoms with Crippen LogP contribution in [0.1, 0.15) is 28.8 Å². The van der Waals surface area contributed by atoms with Crippen LogP contribution in [0.2, 0.25) is 5.02 Å². The summed E-state index contributed by atoms with van der Waals surface area (Å²) in [6.45, 7) is 0.805. The number of carbonyl (C=O) groups excluding carboxylic acids is 1. The fraction of sp³-hybridized carbons (Fsp3) is 0.261. The van der Waals surface area contributed by atoms with Crippen LogP contribution < -0.4 is 0 Å². The van der Waals surface area contributed by atoms with Crippen LogP contribution in [-0.2, 0) is 6.42 Å². The molecule has 2 aromatic heterocycles. The van der Waals surface area contributed by atoms with E-state index < -0.39 is 11.2 Å². The van der Waals surface area contributed by atoms with Gasteiger partial charge in [-0.05, 0) is 55.2 Å². The molecular formula is C23H19ClFN5O. The summed E-state index contributed by atoms with van der Waals surface area (Å²) in [4.78, 5) is 27.4. The molecule has 6 nitrogen and oxygen atoms in total. The normalized spacial score (nSPS) is 15.3. The molecule has 8 heteroatoms. The van der Waals surface area contributed by atoms with E-state index in [0.29, 0.717) is 53.5 Å². The van der Waals surface area contributed by atoms with Gasteiger partial charge in [0.15, 0.2) is 0 Å². The molecule has 4 rings (SSSR count). The van der Waals surface area contributed by atoms with E-state index in [2.05, 4.69) is 21.0 Å². The lowest BCUT2D eigenvalue weighted by Crippen LogP contribution is -2.43. The first-order valence-electron chi connectivity index (χ1n) is 9.87. The highest BCUT2D eigenvalue weighted by molar-refractivity contribution is 6.30. The van der Waals surface area contributed by atoms with Gasteiger partial charge in [0.2, 0.25) is 0 Å². The maximum Gasteiger partial charge on any atom is 0.256 e. The molecule has 0 bridgehead atoms. The van der Waals surface area contributed by atoms with Crippen molar-refractivity contribution >= 4 is 17.5 Å². The molecule has 0 N–H and O–H groups in total. The third-order valence-electron chi connectivity index (χ3n) is 5.65. The average molecular weight is 436 g/mol. The minimum absolute atomic E-state index is 0.161. The van der Waals surface area contributed by atoms with E-state index in [1.54, 1.807) is 47.6 Å². The van der Waals surface area contributed by atoms with Crippen molar-refractivity contribution in [2.24, 2.45) is 5.41 Å². The number of benzene rings is 1. The summed E-state index contributed by atoms with van der Waals surface area (Å²) >= 11 is 5.84. The molecule has 1 fully saturated rings. The fourth-order valence-electron chi connectivity index (χ4n) is 3.88. The van der Waals surface area contributed by atoms with Crippen molar-refractivity contribution in [1.82, 2.24) is 19.9 Å². The van der Waals surface area contributed by atoms with E-state index in [0.717, 1.165) is 0 Å². The lowest BCUT2D eigenvalue weighted by molar-refractivity contribution is 0.0647. The minimum Gasteiger partial charge on any atom is -0.338 e. The fourth-order valence-corrected chi connectivity index (χ4v) is 4.04. The zero-order valence-electron chi connectivity index (χ0n) is 16.6. The van der Waals surface area contributed by atoms with Crippen molar-refractivity contribution in [3.8, 4) is 17.5 Å². The topological polar surface area (TPSA) is 82.8 Å². The summed E-state index contributed by atoms with van der Waals surface area (Å²) in [5.41, 5.74) is 1.25. The number of hydrogen-bond acceptors (Lipinski definition) is 5. The van der Waals surface area contributed by atoms with Crippen LogP contribution >= 0.6 is 11.6 Å². The maximum absolute atomic E-state index is 14.3. The first kappa shape index (κ1) is 20.9. The Morgan fingerprint density at radius 3 is 2.68 bits per heavy atom. The van der Waals surface area contributed by atoms with Gasteiger partial charge in [-0.3, -0.25) is 9.78 Å². The molecule has 1 saturated heterocycles. The Hall–Kier alpha value is -3.37. The van der Waals surface area contributed by atoms with Gasteiger partial charge in [0, 0.05) is 30.5 Å². The number of pyridine rings is 1. The zero-order chi connectivity index (χ0) is 21.8. The molecule has 1 amide bonds. The Balaban J connectivity index is 1.51. The van der Waals surface area contributed by atoms with E-state index in [1.165, 1.54) is 12.4 Å². The van der Waals surface area contributed by atoms with Gasteiger partial charge in [-0.25, -0.2) is 14.4 Å². The van der Waals surface area contributed by atoms with E-state index >= 15 is 0 Å². The SMILES string of the molecule is N#CC1(Cc2ccc(Cl)cc2F)CCN(C(=O)c2cccnc2-c2ccncn2)CC1. The minimum atomic E-state index is -0.726. The first-order valence-corrected chi connectivity index (χ1v) is 10.2. The Morgan fingerprint density at radius 1 is 1.19 bits per heavy atom. The number of rotatable bonds is 4. The van der Waals surface area contributed by atoms with Gasteiger partial charge in [0.1, 0.15) is 17.8 Å². The second kappa shape index (κ2) is 8.78. The Morgan fingerprint density at radius 2 is 2.00 bits per heavy atom. The highest BCUT2D eigenvalue weighted by atomic mass is 35.5. The molecule has 3 heterocycles. The number of likely N-dealkylation sites (tertiary alicyclic amines) is 1. The lowest BCUT2D eigenvalue weighted by Gasteiger charge is -2.37. The Labute approximate surface area is 184 Å². The highest BCUT2D eigenvalue weighted by Crippen LogP contribution is 2.36. The number of nitriles is 1. The van der Waals surface area contributed by atoms with Gasteiger partial charge in [0.25, 0.3) is 5.91 Å². The van der Waals surface area contributed by atoms with Crippen molar-refractivity contribution in [3.05, 3.63) is 77.1 Å². The summed E-state index contributed by atoms with van der Waals surface area (Å²) in [5, 5.41) is 10.2. The number of halogens is 2. The van der Waals surface area contributed by atoms with Crippen molar-refractivity contribution in [2.45, 2.75) is 19.3 Å². The molecule has 1 aliphatic heterocycles. The number of piperidine rings is 1. The smallest absolute Gasteiger partial charge is 0.256 e. The Bertz CT molecular complexity index is 1140. The molecular weight excluding hydrogens is 417 g/mol. The number of hydrogen-bond donors (Lipinski definition) is 0. The lowest BCUT2D eigenvalue weighted by atomic mass is 9.75. The quantitative estimate of drug-likeness (QED) is 0.609. The standard InChI is InChI=1S/C23H19ClFN5O/c24-17-4-3-16(19(25)12-17)13-23(14-26)6-10-30(11-7-23)22(31)18-2-1-8-28-21(18)20-5-9-27-15-29-20/h1-5,8-9,12,15H,6-7,10-11,13H2. The van der Waals surface area contributed by atoms with Gasteiger partial charge < -0.3 is 4.90 Å². The van der Waals surface area contributed by atoms with Crippen LogP contribution in [0.15, 0.2) is 55.1 Å². The van der Waals surface area contributed by atoms with Gasteiger partial charge in [0.05, 0.1) is 22.7 Å². The highest BCUT2D eigenvalue weighted by Gasteiger charge is 2.37. The molecule has 0 atom stereocenters. The number of carbonyl (C=O) groups is 1. The summed E-state index contributed by atoms with van der Waals surface area (Å²) in [6.07, 6.45) is 5.83. The summed E-state index contributed by atoms with van der Waals surface area (Å²) in [7, 11) is 0. The number of nitrogens with zero attached hydrogens (tertiary/aromatic N) is 5. The van der Waals surface area contributed by atoms with Crippen LogP contribution in [0.4, 0.5) is 4.39 Å². The molecule has 31 heavy (non-hydrogen) atoms. The first-order chi connectivity index (χ1) is 15.0. The molecule has 0 unspecified atom stereocenters. The van der Waals surface area contributed by atoms with E-state index in [4.69, 9.17) is 11.6 Å². The largest absolute Gasteiger partial charge is 0.338 e. The average Bonchev–Trinajstić information content (AvgIpc) is 2.81. The van der Waals surface area contributed by atoms with Crippen molar-refractivity contribution in [3.63, 3.8) is 0 Å². The van der Waals surface area contributed by atoms with Gasteiger partial charge >= 0.3 is 0 Å². The molecule has 0 radical (unpaired) electrons. The molecule has 1 aliphatic rings. The van der Waals surface area contributed by atoms with E-state index in [-0.39, 0.29) is 12.3 Å². The maximum atomic E-state index is 14.3. The van der Waals surface area contributed by atoms with Crippen LogP contribution in [0.5, 0.6) is 0 Å². The second-order valence-electron chi connectivity index (χ2n) is 7.59. The van der Waals surface area contributed by atoms with Gasteiger partial charge in [-0.1, -0.05) is 17.7 Å². The second-order valence-corrected chi connectivity index (χ2v) is 8.03. The zero-order valence-corrected chi connectivity index (χ0v) is 17.4. The van der Waals surface area contributed by atoms with E-state index in [9.17, 15) is 14.4 Å². The van der Waals surface area contributed by atoms with Crippen molar-refractivity contribution in [2.75, 3.05) is 13.1 Å². The molecule has 3 aromatic rings. The number of amides is 1. The summed E-state index contributed by atoms with van der Waals surface area (Å²) in [5.74, 6) is -0.573. The van der Waals surface area contributed by atoms with Gasteiger partial charge in [-0.2, -0.15) is 5.26 Å². The predicted octanol–water partition coefficient (Wildman–Crippen LogP) is 4.32. The molecule has 1 aromatic carbocycles. The third-order valence-corrected chi connectivity index (χ3v) is 5.89. The molecule has 0 spiro atoms. The van der Waals surface area contributed by atoms with Crippen molar-refractivity contribution in [1.29, 1.82) is 5.26 Å². The molecule has 0 aliphatic carbocycles. The summed E-state index contributed by atoms with van der Waals surface area (Å²) in [6, 6.07) is 12.0.